The fraction of sp³-hybridized carbons (Fsp3) is 0.625. The Bertz CT molecular complexity index is 197. The van der Waals surface area contributed by atoms with Gasteiger partial charge in [0, 0.05) is 5.92 Å². The monoisotopic (exact) mass is 137 g/mol. The summed E-state index contributed by atoms with van der Waals surface area (Å²) in [4.78, 5) is 10.8. The number of primary amides is 1. The van der Waals surface area contributed by atoms with Gasteiger partial charge < -0.3 is 5.73 Å². The number of carbonyl (C=O) groups is 1. The van der Waals surface area contributed by atoms with Gasteiger partial charge in [-0.2, -0.15) is 0 Å². The van der Waals surface area contributed by atoms with Crippen molar-refractivity contribution in [2.75, 3.05) is 0 Å². The average Bonchev–Trinajstić information content (AvgIpc) is 2.44. The molecule has 2 N–H and O–H groups in total. The molecule has 2 nitrogen and oxygen atoms in total. The fourth-order valence-corrected chi connectivity index (χ4v) is 2.11. The Kier molecular flexibility index (Phi) is 1.10. The second-order valence-electron chi connectivity index (χ2n) is 3.29. The maximum atomic E-state index is 10.8. The molecule has 1 unspecified atom stereocenters. The molecule has 10 heavy (non-hydrogen) atoms. The van der Waals surface area contributed by atoms with Crippen LogP contribution in [0.5, 0.6) is 0 Å². The number of allylic oxidation sites excluding steroid dienone is 2. The van der Waals surface area contributed by atoms with E-state index in [0.29, 0.717) is 11.8 Å². The summed E-state index contributed by atoms with van der Waals surface area (Å²) in [7, 11) is 0. The van der Waals surface area contributed by atoms with Crippen molar-refractivity contribution in [3.8, 4) is 0 Å². The highest BCUT2D eigenvalue weighted by atomic mass is 16.1. The van der Waals surface area contributed by atoms with E-state index >= 15 is 0 Å². The molecule has 0 heterocycles. The van der Waals surface area contributed by atoms with Gasteiger partial charge in [-0.15, -0.1) is 0 Å². The molecule has 0 aromatic rings. The normalized spacial score (nSPS) is 42.6. The van der Waals surface area contributed by atoms with Gasteiger partial charge in [0.1, 0.15) is 0 Å². The van der Waals surface area contributed by atoms with Crippen molar-refractivity contribution in [1.29, 1.82) is 0 Å². The lowest BCUT2D eigenvalue weighted by molar-refractivity contribution is -0.122. The minimum Gasteiger partial charge on any atom is -0.369 e. The van der Waals surface area contributed by atoms with Gasteiger partial charge in [-0.25, -0.2) is 0 Å². The van der Waals surface area contributed by atoms with Crippen molar-refractivity contribution in [2.45, 2.75) is 12.8 Å². The van der Waals surface area contributed by atoms with Gasteiger partial charge in [-0.05, 0) is 24.7 Å². The third-order valence-electron chi connectivity index (χ3n) is 2.64. The van der Waals surface area contributed by atoms with Crippen LogP contribution in [0.1, 0.15) is 12.8 Å². The molecule has 1 saturated carbocycles. The molecule has 0 aliphatic heterocycles. The Balaban J connectivity index is 2.16. The lowest BCUT2D eigenvalue weighted by Crippen LogP contribution is -2.26. The molecule has 0 spiro atoms. The first kappa shape index (κ1) is 5.96. The number of nitrogens with two attached hydrogens (primary N) is 1. The Labute approximate surface area is 60.1 Å². The molecule has 0 aromatic carbocycles. The topological polar surface area (TPSA) is 43.1 Å². The second-order valence-corrected chi connectivity index (χ2v) is 3.29. The zero-order chi connectivity index (χ0) is 7.14. The van der Waals surface area contributed by atoms with Crippen LogP contribution in [0.15, 0.2) is 12.2 Å². The largest absolute Gasteiger partial charge is 0.369 e. The molecule has 2 aliphatic rings. The highest BCUT2D eigenvalue weighted by Crippen LogP contribution is 2.42. The van der Waals surface area contributed by atoms with E-state index in [1.807, 2.05) is 0 Å². The van der Waals surface area contributed by atoms with E-state index in [9.17, 15) is 4.79 Å². The molecule has 3 atom stereocenters. The third-order valence-corrected chi connectivity index (χ3v) is 2.64. The summed E-state index contributed by atoms with van der Waals surface area (Å²) in [6, 6.07) is 0. The summed E-state index contributed by atoms with van der Waals surface area (Å²) in [5.41, 5.74) is 5.21. The lowest BCUT2D eigenvalue weighted by Gasteiger charge is -2.12. The number of carbonyl (C=O) groups excluding carboxylic acids is 1. The van der Waals surface area contributed by atoms with E-state index in [2.05, 4.69) is 12.2 Å². The van der Waals surface area contributed by atoms with E-state index in [0.717, 1.165) is 12.8 Å². The Hall–Kier alpha value is -0.790. The van der Waals surface area contributed by atoms with Crippen LogP contribution < -0.4 is 5.73 Å². The first-order valence-electron chi connectivity index (χ1n) is 3.75. The van der Waals surface area contributed by atoms with Gasteiger partial charge in [0.2, 0.25) is 5.91 Å². The number of hydrogen-bond donors (Lipinski definition) is 1. The minimum atomic E-state index is -0.114. The van der Waals surface area contributed by atoms with E-state index in [-0.39, 0.29) is 11.8 Å². The zero-order valence-electron chi connectivity index (χ0n) is 5.79. The molecule has 2 aliphatic carbocycles. The van der Waals surface area contributed by atoms with Gasteiger partial charge in [-0.3, -0.25) is 4.79 Å². The second kappa shape index (κ2) is 1.84. The molecular weight excluding hydrogens is 126 g/mol. The SMILES string of the molecule is NC(=O)C1C[C@@H]2C=C[C@H]1C2. The van der Waals surface area contributed by atoms with Crippen molar-refractivity contribution >= 4 is 5.91 Å². The summed E-state index contributed by atoms with van der Waals surface area (Å²) < 4.78 is 0. The summed E-state index contributed by atoms with van der Waals surface area (Å²) in [5, 5.41) is 0. The first-order chi connectivity index (χ1) is 4.77. The van der Waals surface area contributed by atoms with Gasteiger partial charge in [0.15, 0.2) is 0 Å². The van der Waals surface area contributed by atoms with Gasteiger partial charge >= 0.3 is 0 Å². The van der Waals surface area contributed by atoms with Crippen molar-refractivity contribution in [3.63, 3.8) is 0 Å². The fourth-order valence-electron chi connectivity index (χ4n) is 2.11. The lowest BCUT2D eigenvalue weighted by atomic mass is 9.93. The average molecular weight is 137 g/mol. The molecule has 2 heteroatoms. The van der Waals surface area contributed by atoms with Gasteiger partial charge in [0.05, 0.1) is 0 Å². The van der Waals surface area contributed by atoms with Crippen LogP contribution in [0.2, 0.25) is 0 Å². The Morgan fingerprint density at radius 1 is 1.40 bits per heavy atom. The van der Waals surface area contributed by atoms with Crippen molar-refractivity contribution in [3.05, 3.63) is 12.2 Å². The van der Waals surface area contributed by atoms with E-state index < -0.39 is 0 Å². The van der Waals surface area contributed by atoms with Gasteiger partial charge in [0.25, 0.3) is 0 Å². The van der Waals surface area contributed by atoms with Crippen LogP contribution in [-0.4, -0.2) is 5.91 Å². The van der Waals surface area contributed by atoms with Crippen LogP contribution in [0, 0.1) is 17.8 Å². The van der Waals surface area contributed by atoms with Gasteiger partial charge in [-0.1, -0.05) is 12.2 Å². The summed E-state index contributed by atoms with van der Waals surface area (Å²) in [6.07, 6.45) is 6.51. The molecule has 2 bridgehead atoms. The van der Waals surface area contributed by atoms with Crippen LogP contribution >= 0.6 is 0 Å². The number of hydrogen-bond acceptors (Lipinski definition) is 1. The predicted molar refractivity (Wildman–Crippen MR) is 38.0 cm³/mol. The van der Waals surface area contributed by atoms with Crippen LogP contribution in [0.4, 0.5) is 0 Å². The third kappa shape index (κ3) is 0.681. The number of rotatable bonds is 1. The van der Waals surface area contributed by atoms with Crippen molar-refractivity contribution < 1.29 is 4.79 Å². The molecule has 1 amide bonds. The maximum absolute atomic E-state index is 10.8. The molecule has 54 valence electrons. The predicted octanol–water partition coefficient (Wildman–Crippen LogP) is 0.684. The van der Waals surface area contributed by atoms with Crippen molar-refractivity contribution in [2.24, 2.45) is 23.5 Å². The van der Waals surface area contributed by atoms with E-state index in [1.165, 1.54) is 0 Å². The van der Waals surface area contributed by atoms with Crippen molar-refractivity contribution in [1.82, 2.24) is 0 Å². The molecule has 2 rings (SSSR count). The molecule has 1 fully saturated rings. The first-order valence-corrected chi connectivity index (χ1v) is 3.75. The van der Waals surface area contributed by atoms with Crippen LogP contribution in [0.25, 0.3) is 0 Å². The summed E-state index contributed by atoms with van der Waals surface area (Å²) in [6.45, 7) is 0. The highest BCUT2D eigenvalue weighted by molar-refractivity contribution is 5.78. The number of amides is 1. The zero-order valence-corrected chi connectivity index (χ0v) is 5.79. The van der Waals surface area contributed by atoms with E-state index in [4.69, 9.17) is 5.73 Å². The minimum absolute atomic E-state index is 0.114. The number of fused-ring (bicyclic) bond motifs is 2. The maximum Gasteiger partial charge on any atom is 0.221 e. The van der Waals surface area contributed by atoms with E-state index in [1.54, 1.807) is 0 Å². The van der Waals surface area contributed by atoms with Crippen LogP contribution in [0.3, 0.4) is 0 Å². The Morgan fingerprint density at radius 2 is 2.20 bits per heavy atom. The smallest absolute Gasteiger partial charge is 0.221 e. The Morgan fingerprint density at radius 3 is 2.50 bits per heavy atom. The summed E-state index contributed by atoms with van der Waals surface area (Å²) >= 11 is 0. The summed E-state index contributed by atoms with van der Waals surface area (Å²) in [5.74, 6) is 1.16. The molecule has 0 radical (unpaired) electrons. The molecule has 0 saturated heterocycles. The molecular formula is C8H11NO. The standard InChI is InChI=1S/C8H11NO/c9-8(10)7-4-5-1-2-6(7)3-5/h1-2,5-7H,3-4H2,(H2,9,10)/t5-,6+,7?/m1/s1. The molecule has 0 aromatic heterocycles. The quantitative estimate of drug-likeness (QED) is 0.531. The highest BCUT2D eigenvalue weighted by Gasteiger charge is 2.38. The van der Waals surface area contributed by atoms with Crippen LogP contribution in [-0.2, 0) is 4.79 Å².